The molecule has 78 valence electrons. The molecule has 14 heavy (non-hydrogen) atoms. The molecule has 5 nitrogen and oxygen atoms in total. The van der Waals surface area contributed by atoms with Gasteiger partial charge in [0.15, 0.2) is 5.15 Å². The number of hydrogen-bond acceptors (Lipinski definition) is 3. The van der Waals surface area contributed by atoms with E-state index in [4.69, 9.17) is 16.4 Å². The molecule has 0 radical (unpaired) electrons. The minimum atomic E-state index is -0.347. The molecule has 1 aromatic rings. The number of hydrogen-bond donors (Lipinski definition) is 1. The maximum atomic E-state index is 11.4. The van der Waals surface area contributed by atoms with Gasteiger partial charge in [0, 0.05) is 13.1 Å². The lowest BCUT2D eigenvalue weighted by atomic mass is 10.4. The summed E-state index contributed by atoms with van der Waals surface area (Å²) in [6, 6.07) is 1.48. The molecule has 1 rings (SSSR count). The van der Waals surface area contributed by atoms with Crippen LogP contribution in [0.3, 0.4) is 0 Å². The fourth-order valence-electron chi connectivity index (χ4n) is 0.916. The van der Waals surface area contributed by atoms with E-state index in [0.29, 0.717) is 12.3 Å². The van der Waals surface area contributed by atoms with Crippen molar-refractivity contribution in [2.75, 3.05) is 6.61 Å². The number of nitrogens with zero attached hydrogens (tertiary/aromatic N) is 2. The average Bonchev–Trinajstić information content (AvgIpc) is 2.45. The Morgan fingerprint density at radius 1 is 1.79 bits per heavy atom. The van der Waals surface area contributed by atoms with E-state index in [9.17, 15) is 4.79 Å². The van der Waals surface area contributed by atoms with Crippen LogP contribution in [0.25, 0.3) is 0 Å². The largest absolute Gasteiger partial charge is 0.293 e. The summed E-state index contributed by atoms with van der Waals surface area (Å²) in [5, 5.41) is 4.11. The Morgan fingerprint density at radius 3 is 3.00 bits per heavy atom. The van der Waals surface area contributed by atoms with E-state index in [0.717, 1.165) is 6.42 Å². The zero-order valence-electron chi connectivity index (χ0n) is 8.08. The maximum absolute atomic E-state index is 11.4. The molecule has 1 N–H and O–H groups in total. The SMILES string of the molecule is CCCONC(=O)c1cc(Cl)nn1C. The summed E-state index contributed by atoms with van der Waals surface area (Å²) in [5.41, 5.74) is 2.66. The molecule has 0 fully saturated rings. The minimum absolute atomic E-state index is 0.285. The Bertz CT molecular complexity index is 324. The zero-order valence-corrected chi connectivity index (χ0v) is 8.84. The van der Waals surface area contributed by atoms with Gasteiger partial charge in [-0.15, -0.1) is 0 Å². The van der Waals surface area contributed by atoms with Crippen molar-refractivity contribution in [3.05, 3.63) is 16.9 Å². The van der Waals surface area contributed by atoms with Crippen LogP contribution in [-0.4, -0.2) is 22.3 Å². The number of hydroxylamine groups is 1. The fourth-order valence-corrected chi connectivity index (χ4v) is 1.13. The number of nitrogens with one attached hydrogen (secondary N) is 1. The third-order valence-electron chi connectivity index (χ3n) is 1.55. The van der Waals surface area contributed by atoms with Crippen LogP contribution >= 0.6 is 11.6 Å². The lowest BCUT2D eigenvalue weighted by Crippen LogP contribution is -2.26. The van der Waals surface area contributed by atoms with Crippen LogP contribution in [-0.2, 0) is 11.9 Å². The van der Waals surface area contributed by atoms with Gasteiger partial charge in [-0.05, 0) is 6.42 Å². The molecule has 1 amide bonds. The molecule has 1 aromatic heterocycles. The van der Waals surface area contributed by atoms with Gasteiger partial charge in [0.25, 0.3) is 5.91 Å². The molecule has 0 aliphatic carbocycles. The zero-order chi connectivity index (χ0) is 10.6. The molecule has 6 heteroatoms. The second kappa shape index (κ2) is 4.97. The highest BCUT2D eigenvalue weighted by molar-refractivity contribution is 6.29. The predicted molar refractivity (Wildman–Crippen MR) is 51.9 cm³/mol. The van der Waals surface area contributed by atoms with Gasteiger partial charge in [-0.1, -0.05) is 18.5 Å². The normalized spacial score (nSPS) is 10.2. The Hall–Kier alpha value is -1.07. The molecular formula is C8H12ClN3O2. The standard InChI is InChI=1S/C8H12ClN3O2/c1-3-4-14-11-8(13)6-5-7(9)10-12(6)2/h5H,3-4H2,1-2H3,(H,11,13). The molecule has 0 aliphatic rings. The number of carbonyl (C=O) groups excluding carboxylic acids is 1. The van der Waals surface area contributed by atoms with Gasteiger partial charge < -0.3 is 0 Å². The van der Waals surface area contributed by atoms with E-state index in [1.807, 2.05) is 6.92 Å². The summed E-state index contributed by atoms with van der Waals surface area (Å²) >= 11 is 5.62. The molecule has 0 bridgehead atoms. The topological polar surface area (TPSA) is 56.1 Å². The highest BCUT2D eigenvalue weighted by Crippen LogP contribution is 2.07. The van der Waals surface area contributed by atoms with Crippen molar-refractivity contribution in [2.45, 2.75) is 13.3 Å². The van der Waals surface area contributed by atoms with Crippen LogP contribution in [0.15, 0.2) is 6.07 Å². The Balaban J connectivity index is 2.56. The third kappa shape index (κ3) is 2.71. The van der Waals surface area contributed by atoms with Crippen molar-refractivity contribution < 1.29 is 9.63 Å². The second-order valence-corrected chi connectivity index (χ2v) is 3.14. The third-order valence-corrected chi connectivity index (χ3v) is 1.74. The molecule has 0 saturated heterocycles. The monoisotopic (exact) mass is 217 g/mol. The second-order valence-electron chi connectivity index (χ2n) is 2.76. The van der Waals surface area contributed by atoms with Crippen molar-refractivity contribution >= 4 is 17.5 Å². The van der Waals surface area contributed by atoms with E-state index in [1.54, 1.807) is 7.05 Å². The van der Waals surface area contributed by atoms with Crippen molar-refractivity contribution in [1.82, 2.24) is 15.3 Å². The molecule has 1 heterocycles. The molecule has 0 spiro atoms. The Kier molecular flexibility index (Phi) is 3.91. The first-order valence-electron chi connectivity index (χ1n) is 4.26. The maximum Gasteiger partial charge on any atom is 0.293 e. The van der Waals surface area contributed by atoms with E-state index in [1.165, 1.54) is 10.7 Å². The quantitative estimate of drug-likeness (QED) is 0.608. The van der Waals surface area contributed by atoms with Crippen LogP contribution in [0.4, 0.5) is 0 Å². The van der Waals surface area contributed by atoms with Crippen LogP contribution in [0.2, 0.25) is 5.15 Å². The smallest absolute Gasteiger partial charge is 0.273 e. The number of aryl methyl sites for hydroxylation is 1. The molecular weight excluding hydrogens is 206 g/mol. The Labute approximate surface area is 86.9 Å². The summed E-state index contributed by atoms with van der Waals surface area (Å²) in [6.07, 6.45) is 0.840. The van der Waals surface area contributed by atoms with Crippen LogP contribution in [0.1, 0.15) is 23.8 Å². The molecule has 0 aliphatic heterocycles. The van der Waals surface area contributed by atoms with Gasteiger partial charge in [-0.3, -0.25) is 14.3 Å². The van der Waals surface area contributed by atoms with Crippen LogP contribution in [0.5, 0.6) is 0 Å². The van der Waals surface area contributed by atoms with Crippen molar-refractivity contribution in [3.63, 3.8) is 0 Å². The predicted octanol–water partition coefficient (Wildman–Crippen LogP) is 1.14. The summed E-state index contributed by atoms with van der Waals surface area (Å²) in [6.45, 7) is 2.43. The van der Waals surface area contributed by atoms with Gasteiger partial charge in [-0.25, -0.2) is 5.48 Å². The lowest BCUT2D eigenvalue weighted by Gasteiger charge is -2.03. The molecule has 0 atom stereocenters. The van der Waals surface area contributed by atoms with E-state index >= 15 is 0 Å². The fraction of sp³-hybridized carbons (Fsp3) is 0.500. The number of halogens is 1. The van der Waals surface area contributed by atoms with Crippen molar-refractivity contribution in [1.29, 1.82) is 0 Å². The first-order valence-corrected chi connectivity index (χ1v) is 4.64. The van der Waals surface area contributed by atoms with Crippen molar-refractivity contribution in [2.24, 2.45) is 7.05 Å². The number of rotatable bonds is 4. The number of carbonyl (C=O) groups is 1. The number of amides is 1. The van der Waals surface area contributed by atoms with Gasteiger partial charge in [0.1, 0.15) is 5.69 Å². The highest BCUT2D eigenvalue weighted by atomic mass is 35.5. The van der Waals surface area contributed by atoms with Crippen LogP contribution < -0.4 is 5.48 Å². The van der Waals surface area contributed by atoms with E-state index < -0.39 is 0 Å². The van der Waals surface area contributed by atoms with Gasteiger partial charge in [0.2, 0.25) is 0 Å². The first-order chi connectivity index (χ1) is 6.65. The number of aromatic nitrogens is 2. The lowest BCUT2D eigenvalue weighted by molar-refractivity contribution is 0.0307. The van der Waals surface area contributed by atoms with Gasteiger partial charge in [-0.2, -0.15) is 5.10 Å². The van der Waals surface area contributed by atoms with E-state index in [2.05, 4.69) is 10.6 Å². The molecule has 0 saturated carbocycles. The molecule has 0 unspecified atom stereocenters. The first kappa shape index (κ1) is 11.0. The minimum Gasteiger partial charge on any atom is -0.273 e. The van der Waals surface area contributed by atoms with Gasteiger partial charge in [0.05, 0.1) is 6.61 Å². The highest BCUT2D eigenvalue weighted by Gasteiger charge is 2.11. The van der Waals surface area contributed by atoms with Crippen molar-refractivity contribution in [3.8, 4) is 0 Å². The summed E-state index contributed by atoms with van der Waals surface area (Å²) in [7, 11) is 1.64. The van der Waals surface area contributed by atoms with Gasteiger partial charge >= 0.3 is 0 Å². The Morgan fingerprint density at radius 2 is 2.50 bits per heavy atom. The van der Waals surface area contributed by atoms with Crippen LogP contribution in [0, 0.1) is 0 Å². The van der Waals surface area contributed by atoms with E-state index in [-0.39, 0.29) is 11.1 Å². The summed E-state index contributed by atoms with van der Waals surface area (Å²) in [5.74, 6) is -0.347. The average molecular weight is 218 g/mol. The summed E-state index contributed by atoms with van der Waals surface area (Å²) < 4.78 is 1.40. The summed E-state index contributed by atoms with van der Waals surface area (Å²) in [4.78, 5) is 16.3. The molecule has 0 aromatic carbocycles.